The first-order valence-corrected chi connectivity index (χ1v) is 5.99. The first-order valence-electron chi connectivity index (χ1n) is 5.99. The highest BCUT2D eigenvalue weighted by molar-refractivity contribution is 5.71. The fraction of sp³-hybridized carbons (Fsp3) is 0.667. The Bertz CT molecular complexity index is 315. The second-order valence-corrected chi connectivity index (χ2v) is 3.75. The van der Waals surface area contributed by atoms with Gasteiger partial charge in [0, 0.05) is 26.7 Å². The molecule has 0 N–H and O–H groups in total. The summed E-state index contributed by atoms with van der Waals surface area (Å²) in [6.45, 7) is 1.60. The Morgan fingerprint density at radius 2 is 1.00 bits per heavy atom. The molecule has 0 aromatic heterocycles. The van der Waals surface area contributed by atoms with Gasteiger partial charge in [0.25, 0.3) is 0 Å². The summed E-state index contributed by atoms with van der Waals surface area (Å²) in [6.07, 6.45) is 1.08. The van der Waals surface area contributed by atoms with Gasteiger partial charge in [-0.2, -0.15) is 0 Å². The fourth-order valence-corrected chi connectivity index (χ4v) is 1.04. The van der Waals surface area contributed by atoms with Gasteiger partial charge in [-0.1, -0.05) is 0 Å². The van der Waals surface area contributed by atoms with Crippen molar-refractivity contribution in [1.82, 2.24) is 0 Å². The maximum absolute atomic E-state index is 11.1. The number of esters is 4. The lowest BCUT2D eigenvalue weighted by molar-refractivity contribution is -0.168. The van der Waals surface area contributed by atoms with E-state index in [0.717, 1.165) is 0 Å². The molecule has 0 bridgehead atoms. The molecule has 0 aromatic rings. The van der Waals surface area contributed by atoms with Crippen molar-refractivity contribution in [2.75, 3.05) is 13.6 Å². The molecule has 0 amide bonds. The zero-order chi connectivity index (χ0) is 15.4. The lowest BCUT2D eigenvalue weighted by atomic mass is 10.2. The van der Waals surface area contributed by atoms with Crippen molar-refractivity contribution in [1.29, 1.82) is 0 Å². The minimum Gasteiger partial charge on any atom is -0.428 e. The summed E-state index contributed by atoms with van der Waals surface area (Å²) in [6, 6.07) is 0. The van der Waals surface area contributed by atoms with Crippen molar-refractivity contribution in [2.24, 2.45) is 0 Å². The minimum absolute atomic E-state index is 0.110. The van der Waals surface area contributed by atoms with E-state index in [2.05, 4.69) is 18.9 Å². The summed E-state index contributed by atoms with van der Waals surface area (Å²) in [4.78, 5) is 43.0. The molecular formula is C12H18O8. The maximum atomic E-state index is 11.1. The highest BCUT2D eigenvalue weighted by Crippen LogP contribution is 2.03. The standard InChI is InChI=1S/C12H18O8/c1-9(13)17-7-19-11(15)5-3-4-6-12(16)20-8-18-10(2)14/h3-8H2,1-2H3. The molecule has 0 saturated carbocycles. The fourth-order valence-electron chi connectivity index (χ4n) is 1.04. The van der Waals surface area contributed by atoms with Gasteiger partial charge in [-0.05, 0) is 12.8 Å². The molecule has 0 spiro atoms. The smallest absolute Gasteiger partial charge is 0.308 e. The maximum Gasteiger partial charge on any atom is 0.308 e. The molecule has 0 aromatic carbocycles. The zero-order valence-electron chi connectivity index (χ0n) is 11.5. The normalized spacial score (nSPS) is 9.50. The van der Waals surface area contributed by atoms with Crippen LogP contribution in [-0.2, 0) is 38.1 Å². The number of ether oxygens (including phenoxy) is 4. The first-order chi connectivity index (χ1) is 9.41. The van der Waals surface area contributed by atoms with Crippen molar-refractivity contribution < 1.29 is 38.1 Å². The van der Waals surface area contributed by atoms with Crippen molar-refractivity contribution in [3.63, 3.8) is 0 Å². The van der Waals surface area contributed by atoms with Gasteiger partial charge in [0.2, 0.25) is 13.6 Å². The molecule has 0 saturated heterocycles. The van der Waals surface area contributed by atoms with E-state index < -0.39 is 37.5 Å². The van der Waals surface area contributed by atoms with Gasteiger partial charge in [-0.3, -0.25) is 19.2 Å². The van der Waals surface area contributed by atoms with Crippen LogP contribution in [0.5, 0.6) is 0 Å². The van der Waals surface area contributed by atoms with Crippen LogP contribution in [0.15, 0.2) is 0 Å². The molecule has 0 fully saturated rings. The molecule has 0 aliphatic carbocycles. The number of hydrogen-bond donors (Lipinski definition) is 0. The topological polar surface area (TPSA) is 105 Å². The number of carbonyl (C=O) groups excluding carboxylic acids is 4. The van der Waals surface area contributed by atoms with Gasteiger partial charge in [-0.15, -0.1) is 0 Å². The number of rotatable bonds is 9. The third kappa shape index (κ3) is 12.3. The highest BCUT2D eigenvalue weighted by Gasteiger charge is 2.07. The van der Waals surface area contributed by atoms with E-state index in [1.54, 1.807) is 0 Å². The second kappa shape index (κ2) is 10.8. The van der Waals surface area contributed by atoms with Gasteiger partial charge in [0.05, 0.1) is 0 Å². The molecule has 0 atom stereocenters. The molecule has 8 nitrogen and oxygen atoms in total. The van der Waals surface area contributed by atoms with E-state index in [1.165, 1.54) is 13.8 Å². The van der Waals surface area contributed by atoms with Gasteiger partial charge in [0.15, 0.2) is 0 Å². The Morgan fingerprint density at radius 1 is 0.650 bits per heavy atom. The van der Waals surface area contributed by atoms with Crippen LogP contribution >= 0.6 is 0 Å². The molecule has 0 radical (unpaired) electrons. The van der Waals surface area contributed by atoms with Gasteiger partial charge in [0.1, 0.15) is 0 Å². The van der Waals surface area contributed by atoms with E-state index in [1.807, 2.05) is 0 Å². The summed E-state index contributed by atoms with van der Waals surface area (Å²) in [5.41, 5.74) is 0. The summed E-state index contributed by atoms with van der Waals surface area (Å²) >= 11 is 0. The molecular weight excluding hydrogens is 272 g/mol. The van der Waals surface area contributed by atoms with Crippen LogP contribution in [0.2, 0.25) is 0 Å². The first kappa shape index (κ1) is 17.9. The van der Waals surface area contributed by atoms with E-state index in [0.29, 0.717) is 12.8 Å². The van der Waals surface area contributed by atoms with Gasteiger partial charge >= 0.3 is 23.9 Å². The lowest BCUT2D eigenvalue weighted by Crippen LogP contribution is -2.12. The average Bonchev–Trinajstić information content (AvgIpc) is 2.33. The van der Waals surface area contributed by atoms with E-state index in [4.69, 9.17) is 0 Å². The lowest BCUT2D eigenvalue weighted by Gasteiger charge is -2.05. The quantitative estimate of drug-likeness (QED) is 0.346. The molecule has 8 heteroatoms. The van der Waals surface area contributed by atoms with Crippen molar-refractivity contribution in [3.05, 3.63) is 0 Å². The van der Waals surface area contributed by atoms with Crippen LogP contribution in [0.1, 0.15) is 39.5 Å². The van der Waals surface area contributed by atoms with Crippen molar-refractivity contribution in [2.45, 2.75) is 39.5 Å². The Kier molecular flexibility index (Phi) is 9.63. The summed E-state index contributed by atoms with van der Waals surface area (Å²) in [5.74, 6) is -2.10. The summed E-state index contributed by atoms with van der Waals surface area (Å²) in [5, 5.41) is 0. The third-order valence-corrected chi connectivity index (χ3v) is 1.98. The predicted octanol–water partition coefficient (Wildman–Crippen LogP) is 0.674. The Labute approximate surface area is 116 Å². The Morgan fingerprint density at radius 3 is 1.30 bits per heavy atom. The van der Waals surface area contributed by atoms with Crippen molar-refractivity contribution >= 4 is 23.9 Å². The third-order valence-electron chi connectivity index (χ3n) is 1.98. The Hall–Kier alpha value is -2.12. The number of carbonyl (C=O) groups is 4. The zero-order valence-corrected chi connectivity index (χ0v) is 11.5. The molecule has 0 heterocycles. The number of hydrogen-bond acceptors (Lipinski definition) is 8. The van der Waals surface area contributed by atoms with Crippen LogP contribution in [0, 0.1) is 0 Å². The monoisotopic (exact) mass is 290 g/mol. The van der Waals surface area contributed by atoms with Crippen LogP contribution in [0.25, 0.3) is 0 Å². The van der Waals surface area contributed by atoms with Gasteiger partial charge in [-0.25, -0.2) is 0 Å². The number of unbranched alkanes of at least 4 members (excludes halogenated alkanes) is 1. The molecule has 0 rings (SSSR count). The predicted molar refractivity (Wildman–Crippen MR) is 63.9 cm³/mol. The summed E-state index contributed by atoms with van der Waals surface area (Å²) in [7, 11) is 0. The highest BCUT2D eigenvalue weighted by atomic mass is 16.7. The SMILES string of the molecule is CC(=O)OCOC(=O)CCCCC(=O)OCOC(C)=O. The van der Waals surface area contributed by atoms with E-state index >= 15 is 0 Å². The molecule has 0 aliphatic heterocycles. The second-order valence-electron chi connectivity index (χ2n) is 3.75. The van der Waals surface area contributed by atoms with E-state index in [-0.39, 0.29) is 12.8 Å². The van der Waals surface area contributed by atoms with Gasteiger partial charge < -0.3 is 18.9 Å². The summed E-state index contributed by atoms with van der Waals surface area (Å²) < 4.78 is 18.0. The molecule has 0 aliphatic rings. The van der Waals surface area contributed by atoms with Crippen LogP contribution in [-0.4, -0.2) is 37.5 Å². The molecule has 114 valence electrons. The van der Waals surface area contributed by atoms with Crippen molar-refractivity contribution in [3.8, 4) is 0 Å². The largest absolute Gasteiger partial charge is 0.428 e. The molecule has 20 heavy (non-hydrogen) atoms. The Balaban J connectivity index is 3.46. The molecule has 0 unspecified atom stereocenters. The minimum atomic E-state index is -0.534. The van der Waals surface area contributed by atoms with Crippen LogP contribution < -0.4 is 0 Å². The van der Waals surface area contributed by atoms with Crippen LogP contribution in [0.3, 0.4) is 0 Å². The average molecular weight is 290 g/mol. The van der Waals surface area contributed by atoms with Crippen LogP contribution in [0.4, 0.5) is 0 Å². The van der Waals surface area contributed by atoms with E-state index in [9.17, 15) is 19.2 Å².